The van der Waals surface area contributed by atoms with Gasteiger partial charge in [0.15, 0.2) is 5.78 Å². The first-order valence-electron chi connectivity index (χ1n) is 11.9. The molecule has 0 saturated heterocycles. The van der Waals surface area contributed by atoms with E-state index in [0.29, 0.717) is 17.7 Å². The van der Waals surface area contributed by atoms with Crippen molar-refractivity contribution in [2.45, 2.75) is 90.7 Å². The maximum Gasteiger partial charge on any atom is 0.250 e. The largest absolute Gasteiger partial charge is 0.393 e. The average Bonchev–Trinajstić information content (AvgIpc) is 3.08. The van der Waals surface area contributed by atoms with E-state index in [-0.39, 0.29) is 28.8 Å². The summed E-state index contributed by atoms with van der Waals surface area (Å²) >= 11 is 0. The third-order valence-electron chi connectivity index (χ3n) is 6.82. The van der Waals surface area contributed by atoms with Crippen molar-refractivity contribution in [1.82, 2.24) is 9.78 Å². The van der Waals surface area contributed by atoms with Crippen molar-refractivity contribution >= 4 is 17.4 Å². The number of primary amides is 1. The van der Waals surface area contributed by atoms with Gasteiger partial charge in [0.1, 0.15) is 0 Å². The van der Waals surface area contributed by atoms with Crippen LogP contribution in [-0.2, 0) is 11.8 Å². The SMILES string of the molecule is CC1(C)CC(=O)c2c(C(C)(C)C)nn(-c3ccc(C(N)=O)c(NC4CCC(O)CC4)c3)c2C1. The Bertz CT molecular complexity index is 1090. The quantitative estimate of drug-likeness (QED) is 0.646. The molecule has 7 heteroatoms. The molecule has 2 aliphatic rings. The number of anilines is 1. The number of nitrogens with one attached hydrogen (secondary N) is 1. The van der Waals surface area contributed by atoms with Crippen LogP contribution in [0.5, 0.6) is 0 Å². The highest BCUT2D eigenvalue weighted by Crippen LogP contribution is 2.40. The number of hydrogen-bond donors (Lipinski definition) is 3. The minimum absolute atomic E-state index is 0.144. The number of carbonyl (C=O) groups excluding carboxylic acids is 2. The highest BCUT2D eigenvalue weighted by molar-refractivity contribution is 6.01. The Morgan fingerprint density at radius 1 is 1.18 bits per heavy atom. The van der Waals surface area contributed by atoms with Gasteiger partial charge < -0.3 is 16.2 Å². The standard InChI is InChI=1S/C26H36N4O3/c1-25(2,3)23-22-20(13-26(4,5)14-21(22)32)30(29-23)16-8-11-18(24(27)33)19(12-16)28-15-6-9-17(31)10-7-15/h8,11-12,15,17,28,31H,6-7,9-10,13-14H2,1-5H3,(H2,27,33). The van der Waals surface area contributed by atoms with Gasteiger partial charge >= 0.3 is 0 Å². The molecule has 178 valence electrons. The normalized spacial score (nSPS) is 22.7. The van der Waals surface area contributed by atoms with Gasteiger partial charge in [-0.15, -0.1) is 0 Å². The molecule has 4 rings (SSSR count). The van der Waals surface area contributed by atoms with E-state index in [0.717, 1.165) is 54.7 Å². The molecule has 0 atom stereocenters. The number of aliphatic hydroxyl groups excluding tert-OH is 1. The average molecular weight is 453 g/mol. The molecule has 1 amide bonds. The first-order chi connectivity index (χ1) is 15.4. The predicted octanol–water partition coefficient (Wildman–Crippen LogP) is 4.14. The number of hydrogen-bond acceptors (Lipinski definition) is 5. The Labute approximate surface area is 195 Å². The number of nitrogens with zero attached hydrogens (tertiary/aromatic N) is 2. The number of benzene rings is 1. The molecule has 0 spiro atoms. The van der Waals surface area contributed by atoms with Crippen LogP contribution < -0.4 is 11.1 Å². The topological polar surface area (TPSA) is 110 Å². The van der Waals surface area contributed by atoms with Crippen LogP contribution >= 0.6 is 0 Å². The number of Topliss-reactive ketones (excluding diaryl/α,β-unsaturated/α-hetero) is 1. The van der Waals surface area contributed by atoms with Crippen LogP contribution in [0.3, 0.4) is 0 Å². The van der Waals surface area contributed by atoms with Crippen LogP contribution in [0.1, 0.15) is 98.8 Å². The molecule has 0 radical (unpaired) electrons. The molecule has 1 heterocycles. The Kier molecular flexibility index (Phi) is 5.89. The summed E-state index contributed by atoms with van der Waals surface area (Å²) < 4.78 is 1.88. The van der Waals surface area contributed by atoms with E-state index >= 15 is 0 Å². The van der Waals surface area contributed by atoms with Crippen molar-refractivity contribution in [3.63, 3.8) is 0 Å². The third-order valence-corrected chi connectivity index (χ3v) is 6.82. The van der Waals surface area contributed by atoms with E-state index in [9.17, 15) is 14.7 Å². The second kappa shape index (κ2) is 8.28. The number of amides is 1. The van der Waals surface area contributed by atoms with Gasteiger partial charge in [0.05, 0.1) is 34.3 Å². The van der Waals surface area contributed by atoms with Gasteiger partial charge in [0, 0.05) is 23.6 Å². The van der Waals surface area contributed by atoms with Gasteiger partial charge in [-0.05, 0) is 55.7 Å². The zero-order valence-corrected chi connectivity index (χ0v) is 20.4. The third kappa shape index (κ3) is 4.69. The molecule has 1 aromatic heterocycles. The summed E-state index contributed by atoms with van der Waals surface area (Å²) in [6.45, 7) is 10.5. The van der Waals surface area contributed by atoms with E-state index in [1.807, 2.05) is 16.8 Å². The highest BCUT2D eigenvalue weighted by atomic mass is 16.3. The van der Waals surface area contributed by atoms with Crippen molar-refractivity contribution < 1.29 is 14.7 Å². The van der Waals surface area contributed by atoms with Crippen molar-refractivity contribution in [2.24, 2.45) is 11.1 Å². The zero-order chi connectivity index (χ0) is 24.1. The molecule has 4 N–H and O–H groups in total. The Morgan fingerprint density at radius 3 is 2.45 bits per heavy atom. The number of aliphatic hydroxyl groups is 1. The zero-order valence-electron chi connectivity index (χ0n) is 20.4. The molecule has 0 unspecified atom stereocenters. The first kappa shape index (κ1) is 23.5. The van der Waals surface area contributed by atoms with Crippen LogP contribution in [0.4, 0.5) is 5.69 Å². The second-order valence-corrected chi connectivity index (χ2v) is 11.5. The minimum atomic E-state index is -0.492. The van der Waals surface area contributed by atoms with Crippen molar-refractivity contribution in [3.8, 4) is 5.69 Å². The number of rotatable bonds is 4. The Morgan fingerprint density at radius 2 is 1.85 bits per heavy atom. The van der Waals surface area contributed by atoms with E-state index in [1.165, 1.54) is 0 Å². The van der Waals surface area contributed by atoms with Crippen molar-refractivity contribution in [1.29, 1.82) is 0 Å². The Hall–Kier alpha value is -2.67. The maximum atomic E-state index is 13.2. The van der Waals surface area contributed by atoms with Crippen LogP contribution in [0, 0.1) is 5.41 Å². The van der Waals surface area contributed by atoms with Crippen LogP contribution in [0.15, 0.2) is 18.2 Å². The molecule has 0 bridgehead atoms. The van der Waals surface area contributed by atoms with Gasteiger partial charge in [-0.2, -0.15) is 5.10 Å². The lowest BCUT2D eigenvalue weighted by Crippen LogP contribution is -2.30. The number of nitrogens with two attached hydrogens (primary N) is 1. The number of aromatic nitrogens is 2. The number of fused-ring (bicyclic) bond motifs is 1. The van der Waals surface area contributed by atoms with Gasteiger partial charge in [-0.25, -0.2) is 4.68 Å². The number of carbonyl (C=O) groups is 2. The minimum Gasteiger partial charge on any atom is -0.393 e. The molecular formula is C26H36N4O3. The van der Waals surface area contributed by atoms with Gasteiger partial charge in [0.2, 0.25) is 0 Å². The second-order valence-electron chi connectivity index (χ2n) is 11.5. The molecular weight excluding hydrogens is 416 g/mol. The summed E-state index contributed by atoms with van der Waals surface area (Å²) in [4.78, 5) is 25.3. The summed E-state index contributed by atoms with van der Waals surface area (Å²) in [5.74, 6) is -0.348. The Balaban J connectivity index is 1.81. The van der Waals surface area contributed by atoms with E-state index in [4.69, 9.17) is 10.8 Å². The summed E-state index contributed by atoms with van der Waals surface area (Å²) in [6, 6.07) is 5.66. The van der Waals surface area contributed by atoms with Crippen LogP contribution in [0.2, 0.25) is 0 Å². The lowest BCUT2D eigenvalue weighted by molar-refractivity contribution is 0.0907. The van der Waals surface area contributed by atoms with Gasteiger partial charge in [0.25, 0.3) is 5.91 Å². The van der Waals surface area contributed by atoms with Crippen molar-refractivity contribution in [2.75, 3.05) is 5.32 Å². The molecule has 1 aromatic carbocycles. The van der Waals surface area contributed by atoms with Gasteiger partial charge in [-0.3, -0.25) is 9.59 Å². The summed E-state index contributed by atoms with van der Waals surface area (Å²) in [6.07, 6.45) is 4.14. The molecule has 7 nitrogen and oxygen atoms in total. The predicted molar refractivity (Wildman–Crippen MR) is 129 cm³/mol. The van der Waals surface area contributed by atoms with Crippen LogP contribution in [-0.4, -0.2) is 38.7 Å². The smallest absolute Gasteiger partial charge is 0.250 e. The van der Waals surface area contributed by atoms with E-state index < -0.39 is 5.91 Å². The lowest BCUT2D eigenvalue weighted by atomic mass is 9.73. The fraction of sp³-hybridized carbons (Fsp3) is 0.577. The monoisotopic (exact) mass is 452 g/mol. The molecule has 1 saturated carbocycles. The molecule has 2 aromatic rings. The van der Waals surface area contributed by atoms with Gasteiger partial charge in [-0.1, -0.05) is 34.6 Å². The summed E-state index contributed by atoms with van der Waals surface area (Å²) in [7, 11) is 0. The summed E-state index contributed by atoms with van der Waals surface area (Å²) in [5, 5.41) is 18.3. The number of ketones is 1. The fourth-order valence-electron chi connectivity index (χ4n) is 5.12. The van der Waals surface area contributed by atoms with Crippen molar-refractivity contribution in [3.05, 3.63) is 40.7 Å². The summed E-state index contributed by atoms with van der Waals surface area (Å²) in [5.41, 5.74) is 9.64. The lowest BCUT2D eigenvalue weighted by Gasteiger charge is -2.30. The molecule has 2 aliphatic carbocycles. The fourth-order valence-corrected chi connectivity index (χ4v) is 5.12. The first-order valence-corrected chi connectivity index (χ1v) is 11.9. The maximum absolute atomic E-state index is 13.2. The van der Waals surface area contributed by atoms with E-state index in [1.54, 1.807) is 6.07 Å². The molecule has 1 fully saturated rings. The molecule has 33 heavy (non-hydrogen) atoms. The molecule has 0 aliphatic heterocycles. The van der Waals surface area contributed by atoms with Crippen LogP contribution in [0.25, 0.3) is 5.69 Å². The van der Waals surface area contributed by atoms with E-state index in [2.05, 4.69) is 39.9 Å². The highest BCUT2D eigenvalue weighted by Gasteiger charge is 2.39.